The molecule has 0 atom stereocenters. The average Bonchev–Trinajstić information content (AvgIpc) is 2.27. The summed E-state index contributed by atoms with van der Waals surface area (Å²) in [4.78, 5) is 4.25. The minimum absolute atomic E-state index is 0.672. The second-order valence-corrected chi connectivity index (χ2v) is 4.44. The number of benzene rings is 1. The Balaban J connectivity index is 2.28. The predicted octanol–water partition coefficient (Wildman–Crippen LogP) is 3.68. The summed E-state index contributed by atoms with van der Waals surface area (Å²) in [6.45, 7) is 3.92. The lowest BCUT2D eigenvalue weighted by Gasteiger charge is -2.09. The number of aryl methyl sites for hydroxylation is 2. The van der Waals surface area contributed by atoms with E-state index in [1.54, 1.807) is 12.3 Å². The standard InChI is InChI=1S/C13H14ClN3/c1-8-3-4-12(10(14)5-8)17-13-6-11(15)9(2)7-16-13/h3-7H,1-2H3,(H3,15,16,17). The van der Waals surface area contributed by atoms with E-state index in [4.69, 9.17) is 17.3 Å². The number of aromatic nitrogens is 1. The van der Waals surface area contributed by atoms with Crippen LogP contribution in [0, 0.1) is 13.8 Å². The second kappa shape index (κ2) is 4.63. The Morgan fingerprint density at radius 3 is 2.65 bits per heavy atom. The minimum atomic E-state index is 0.672. The van der Waals surface area contributed by atoms with Crippen LogP contribution >= 0.6 is 11.6 Å². The van der Waals surface area contributed by atoms with Crippen molar-refractivity contribution in [1.29, 1.82) is 0 Å². The molecule has 0 saturated carbocycles. The van der Waals surface area contributed by atoms with Crippen molar-refractivity contribution >= 4 is 28.8 Å². The molecule has 0 bridgehead atoms. The molecule has 0 spiro atoms. The molecule has 2 rings (SSSR count). The van der Waals surface area contributed by atoms with Crippen molar-refractivity contribution in [3.05, 3.63) is 46.6 Å². The molecule has 0 fully saturated rings. The number of hydrogen-bond acceptors (Lipinski definition) is 3. The average molecular weight is 248 g/mol. The second-order valence-electron chi connectivity index (χ2n) is 4.03. The quantitative estimate of drug-likeness (QED) is 0.851. The Kier molecular flexibility index (Phi) is 3.20. The number of halogens is 1. The topological polar surface area (TPSA) is 50.9 Å². The van der Waals surface area contributed by atoms with Crippen LogP contribution < -0.4 is 11.1 Å². The van der Waals surface area contributed by atoms with Crippen molar-refractivity contribution in [2.45, 2.75) is 13.8 Å². The fourth-order valence-corrected chi connectivity index (χ4v) is 1.75. The van der Waals surface area contributed by atoms with E-state index >= 15 is 0 Å². The van der Waals surface area contributed by atoms with Gasteiger partial charge < -0.3 is 11.1 Å². The van der Waals surface area contributed by atoms with Crippen molar-refractivity contribution in [1.82, 2.24) is 4.98 Å². The third kappa shape index (κ3) is 2.68. The molecule has 0 aliphatic rings. The smallest absolute Gasteiger partial charge is 0.132 e. The van der Waals surface area contributed by atoms with Crippen LogP contribution in [0.1, 0.15) is 11.1 Å². The normalized spacial score (nSPS) is 10.3. The minimum Gasteiger partial charge on any atom is -0.398 e. The van der Waals surface area contributed by atoms with E-state index in [1.807, 2.05) is 32.0 Å². The highest BCUT2D eigenvalue weighted by Crippen LogP contribution is 2.26. The van der Waals surface area contributed by atoms with Crippen molar-refractivity contribution < 1.29 is 0 Å². The van der Waals surface area contributed by atoms with Crippen molar-refractivity contribution in [3.8, 4) is 0 Å². The zero-order chi connectivity index (χ0) is 12.4. The Hall–Kier alpha value is -1.74. The molecule has 3 N–H and O–H groups in total. The van der Waals surface area contributed by atoms with E-state index in [0.29, 0.717) is 16.5 Å². The highest BCUT2D eigenvalue weighted by Gasteiger charge is 2.03. The van der Waals surface area contributed by atoms with Gasteiger partial charge in [-0.05, 0) is 37.1 Å². The maximum Gasteiger partial charge on any atom is 0.132 e. The molecule has 2 aromatic rings. The Bertz CT molecular complexity index is 552. The lowest BCUT2D eigenvalue weighted by atomic mass is 10.2. The van der Waals surface area contributed by atoms with E-state index in [0.717, 1.165) is 16.8 Å². The van der Waals surface area contributed by atoms with Gasteiger partial charge in [-0.1, -0.05) is 17.7 Å². The number of nitrogens with zero attached hydrogens (tertiary/aromatic N) is 1. The predicted molar refractivity (Wildman–Crippen MR) is 72.9 cm³/mol. The van der Waals surface area contributed by atoms with Crippen LogP contribution in [0.15, 0.2) is 30.5 Å². The third-order valence-corrected chi connectivity index (χ3v) is 2.84. The number of anilines is 3. The third-order valence-electron chi connectivity index (χ3n) is 2.53. The van der Waals surface area contributed by atoms with Gasteiger partial charge in [0.05, 0.1) is 10.7 Å². The van der Waals surface area contributed by atoms with Crippen molar-refractivity contribution in [2.24, 2.45) is 0 Å². The zero-order valence-electron chi connectivity index (χ0n) is 9.79. The summed E-state index contributed by atoms with van der Waals surface area (Å²) in [5.74, 6) is 0.693. The molecule has 0 radical (unpaired) electrons. The Morgan fingerprint density at radius 1 is 1.24 bits per heavy atom. The number of nitrogen functional groups attached to an aromatic ring is 1. The summed E-state index contributed by atoms with van der Waals surface area (Å²) in [5.41, 5.74) is 9.45. The Morgan fingerprint density at radius 2 is 2.00 bits per heavy atom. The molecule has 17 heavy (non-hydrogen) atoms. The van der Waals surface area contributed by atoms with E-state index in [9.17, 15) is 0 Å². The van der Waals surface area contributed by atoms with Gasteiger partial charge in [0.2, 0.25) is 0 Å². The molecule has 1 aromatic heterocycles. The number of pyridine rings is 1. The molecule has 0 unspecified atom stereocenters. The number of hydrogen-bond donors (Lipinski definition) is 2. The fourth-order valence-electron chi connectivity index (χ4n) is 1.47. The van der Waals surface area contributed by atoms with Crippen LogP contribution in [0.3, 0.4) is 0 Å². The van der Waals surface area contributed by atoms with Gasteiger partial charge in [-0.2, -0.15) is 0 Å². The molecule has 1 aromatic carbocycles. The summed E-state index contributed by atoms with van der Waals surface area (Å²) in [6, 6.07) is 7.62. The first-order chi connectivity index (χ1) is 8.06. The molecule has 0 aliphatic carbocycles. The fraction of sp³-hybridized carbons (Fsp3) is 0.154. The van der Waals surface area contributed by atoms with Crippen molar-refractivity contribution in [3.63, 3.8) is 0 Å². The maximum absolute atomic E-state index is 6.13. The van der Waals surface area contributed by atoms with E-state index in [-0.39, 0.29) is 0 Å². The van der Waals surface area contributed by atoms with E-state index in [2.05, 4.69) is 10.3 Å². The monoisotopic (exact) mass is 247 g/mol. The number of rotatable bonds is 2. The van der Waals surface area contributed by atoms with Crippen LogP contribution in [0.25, 0.3) is 0 Å². The molecule has 0 aliphatic heterocycles. The largest absolute Gasteiger partial charge is 0.398 e. The summed E-state index contributed by atoms with van der Waals surface area (Å²) >= 11 is 6.13. The SMILES string of the molecule is Cc1ccc(Nc2cc(N)c(C)cn2)c(Cl)c1. The summed E-state index contributed by atoms with van der Waals surface area (Å²) in [6.07, 6.45) is 1.74. The lowest BCUT2D eigenvalue weighted by Crippen LogP contribution is -1.98. The van der Waals surface area contributed by atoms with Gasteiger partial charge in [0.15, 0.2) is 0 Å². The van der Waals surface area contributed by atoms with Gasteiger partial charge in [0.25, 0.3) is 0 Å². The first kappa shape index (κ1) is 11.7. The molecule has 0 saturated heterocycles. The summed E-state index contributed by atoms with van der Waals surface area (Å²) in [7, 11) is 0. The van der Waals surface area contributed by atoms with Gasteiger partial charge in [-0.25, -0.2) is 4.98 Å². The highest BCUT2D eigenvalue weighted by molar-refractivity contribution is 6.33. The van der Waals surface area contributed by atoms with Crippen LogP contribution in [0.4, 0.5) is 17.2 Å². The molecule has 0 amide bonds. The van der Waals surface area contributed by atoms with Crippen LogP contribution in [0.2, 0.25) is 5.02 Å². The van der Waals surface area contributed by atoms with Crippen LogP contribution in [0.5, 0.6) is 0 Å². The molecule has 3 nitrogen and oxygen atoms in total. The van der Waals surface area contributed by atoms with E-state index in [1.165, 1.54) is 0 Å². The van der Waals surface area contributed by atoms with Gasteiger partial charge in [0.1, 0.15) is 5.82 Å². The Labute approximate surface area is 106 Å². The number of nitrogens with one attached hydrogen (secondary N) is 1. The van der Waals surface area contributed by atoms with Gasteiger partial charge in [-0.15, -0.1) is 0 Å². The van der Waals surface area contributed by atoms with Gasteiger partial charge in [-0.3, -0.25) is 0 Å². The van der Waals surface area contributed by atoms with Crippen LogP contribution in [-0.2, 0) is 0 Å². The molecular weight excluding hydrogens is 234 g/mol. The van der Waals surface area contributed by atoms with Gasteiger partial charge in [0, 0.05) is 18.0 Å². The van der Waals surface area contributed by atoms with Gasteiger partial charge >= 0.3 is 0 Å². The first-order valence-corrected chi connectivity index (χ1v) is 5.69. The zero-order valence-corrected chi connectivity index (χ0v) is 10.5. The van der Waals surface area contributed by atoms with E-state index < -0.39 is 0 Å². The molecule has 1 heterocycles. The summed E-state index contributed by atoms with van der Waals surface area (Å²) < 4.78 is 0. The summed E-state index contributed by atoms with van der Waals surface area (Å²) in [5, 5.41) is 3.82. The molecule has 4 heteroatoms. The molecule has 88 valence electrons. The number of nitrogens with two attached hydrogens (primary N) is 1. The maximum atomic E-state index is 6.13. The lowest BCUT2D eigenvalue weighted by molar-refractivity contribution is 1.26. The molecular formula is C13H14ClN3. The highest BCUT2D eigenvalue weighted by atomic mass is 35.5. The first-order valence-electron chi connectivity index (χ1n) is 5.31. The van der Waals surface area contributed by atoms with Crippen LogP contribution in [-0.4, -0.2) is 4.98 Å². The van der Waals surface area contributed by atoms with Crippen molar-refractivity contribution in [2.75, 3.05) is 11.1 Å².